The Morgan fingerprint density at radius 1 is 1.21 bits per heavy atom. The van der Waals surface area contributed by atoms with E-state index < -0.39 is 4.92 Å². The van der Waals surface area contributed by atoms with Crippen LogP contribution in [0, 0.1) is 28.4 Å². The van der Waals surface area contributed by atoms with Crippen molar-refractivity contribution in [2.45, 2.75) is 13.5 Å². The summed E-state index contributed by atoms with van der Waals surface area (Å²) in [6.45, 7) is 2.07. The van der Waals surface area contributed by atoms with Crippen LogP contribution in [0.5, 0.6) is 11.5 Å². The predicted octanol–water partition coefficient (Wildman–Crippen LogP) is 3.40. The number of nitrogens with zero attached hydrogens (tertiary/aromatic N) is 2. The topological polar surface area (TPSA) is 97.4 Å². The van der Waals surface area contributed by atoms with Gasteiger partial charge in [0.1, 0.15) is 0 Å². The predicted molar refractivity (Wildman–Crippen MR) is 89.4 cm³/mol. The monoisotopic (exact) mass is 327 g/mol. The number of nitro benzene ring substituents is 1. The summed E-state index contributed by atoms with van der Waals surface area (Å²) in [5, 5.41) is 23.3. The summed E-state index contributed by atoms with van der Waals surface area (Å²) < 4.78 is 10.4. The lowest BCUT2D eigenvalue weighted by Crippen LogP contribution is -2.04. The van der Waals surface area contributed by atoms with Crippen molar-refractivity contribution >= 4 is 11.4 Å². The van der Waals surface area contributed by atoms with Crippen molar-refractivity contribution in [2.24, 2.45) is 0 Å². The molecule has 0 amide bonds. The standard InChI is InChI=1S/C17H17N3O4/c1-11-14(6-13(9-18)7-15(11)20(21)22)19-10-12-4-5-16(23-2)17(8-12)24-3/h4-8,19H,10H2,1-3H3. The van der Waals surface area contributed by atoms with Crippen LogP contribution >= 0.6 is 0 Å². The average Bonchev–Trinajstić information content (AvgIpc) is 2.60. The van der Waals surface area contributed by atoms with Crippen LogP contribution in [0.3, 0.4) is 0 Å². The normalized spacial score (nSPS) is 9.92. The quantitative estimate of drug-likeness (QED) is 0.645. The maximum Gasteiger partial charge on any atom is 0.275 e. The molecule has 0 spiro atoms. The van der Waals surface area contributed by atoms with Crippen molar-refractivity contribution in [3.8, 4) is 17.6 Å². The summed E-state index contributed by atoms with van der Waals surface area (Å²) in [6.07, 6.45) is 0. The lowest BCUT2D eigenvalue weighted by molar-refractivity contribution is -0.385. The fraction of sp³-hybridized carbons (Fsp3) is 0.235. The summed E-state index contributed by atoms with van der Waals surface area (Å²) in [4.78, 5) is 10.6. The third-order valence-electron chi connectivity index (χ3n) is 3.64. The van der Waals surface area contributed by atoms with Crippen LogP contribution in [0.1, 0.15) is 16.7 Å². The van der Waals surface area contributed by atoms with Crippen molar-refractivity contribution in [2.75, 3.05) is 19.5 Å². The van der Waals surface area contributed by atoms with Gasteiger partial charge in [0.2, 0.25) is 0 Å². The first-order valence-corrected chi connectivity index (χ1v) is 7.14. The molecule has 24 heavy (non-hydrogen) atoms. The van der Waals surface area contributed by atoms with Crippen molar-refractivity contribution in [1.29, 1.82) is 5.26 Å². The van der Waals surface area contributed by atoms with Gasteiger partial charge in [0, 0.05) is 23.9 Å². The molecule has 2 aromatic carbocycles. The highest BCUT2D eigenvalue weighted by molar-refractivity contribution is 5.64. The fourth-order valence-electron chi connectivity index (χ4n) is 2.32. The molecule has 124 valence electrons. The van der Waals surface area contributed by atoms with Crippen LogP contribution in [0.4, 0.5) is 11.4 Å². The van der Waals surface area contributed by atoms with E-state index in [1.165, 1.54) is 6.07 Å². The van der Waals surface area contributed by atoms with Gasteiger partial charge in [-0.05, 0) is 30.7 Å². The van der Waals surface area contributed by atoms with Crippen LogP contribution in [-0.4, -0.2) is 19.1 Å². The molecule has 1 N–H and O–H groups in total. The zero-order valence-corrected chi connectivity index (χ0v) is 13.6. The minimum atomic E-state index is -0.488. The number of hydrogen-bond acceptors (Lipinski definition) is 6. The van der Waals surface area contributed by atoms with E-state index in [4.69, 9.17) is 14.7 Å². The molecule has 0 bridgehead atoms. The molecule has 0 saturated heterocycles. The number of anilines is 1. The first kappa shape index (κ1) is 17.1. The van der Waals surface area contributed by atoms with Crippen LogP contribution < -0.4 is 14.8 Å². The number of ether oxygens (including phenoxy) is 2. The van der Waals surface area contributed by atoms with Gasteiger partial charge in [0.25, 0.3) is 5.69 Å². The SMILES string of the molecule is COc1ccc(CNc2cc(C#N)cc([N+](=O)[O-])c2C)cc1OC. The molecule has 0 aliphatic heterocycles. The fourth-order valence-corrected chi connectivity index (χ4v) is 2.32. The molecule has 0 unspecified atom stereocenters. The summed E-state index contributed by atoms with van der Waals surface area (Å²) in [7, 11) is 3.12. The van der Waals surface area contributed by atoms with Gasteiger partial charge in [-0.3, -0.25) is 10.1 Å². The first-order chi connectivity index (χ1) is 11.5. The molecule has 7 heteroatoms. The lowest BCUT2D eigenvalue weighted by atomic mass is 10.1. The average molecular weight is 327 g/mol. The third-order valence-corrected chi connectivity index (χ3v) is 3.64. The van der Waals surface area contributed by atoms with Gasteiger partial charge in [-0.2, -0.15) is 5.26 Å². The highest BCUT2D eigenvalue weighted by Gasteiger charge is 2.16. The van der Waals surface area contributed by atoms with E-state index in [-0.39, 0.29) is 11.3 Å². The Bertz CT molecular complexity index is 812. The molecule has 2 rings (SSSR count). The molecule has 0 aromatic heterocycles. The van der Waals surface area contributed by atoms with E-state index in [9.17, 15) is 10.1 Å². The maximum absolute atomic E-state index is 11.1. The van der Waals surface area contributed by atoms with Crippen LogP contribution in [-0.2, 0) is 6.54 Å². The molecule has 0 radical (unpaired) electrons. The Kier molecular flexibility index (Phi) is 5.22. The summed E-state index contributed by atoms with van der Waals surface area (Å²) in [5.74, 6) is 1.23. The minimum Gasteiger partial charge on any atom is -0.493 e. The Balaban J connectivity index is 2.28. The Morgan fingerprint density at radius 2 is 1.92 bits per heavy atom. The smallest absolute Gasteiger partial charge is 0.275 e. The van der Waals surface area contributed by atoms with E-state index in [0.29, 0.717) is 29.3 Å². The Labute approximate surface area is 139 Å². The minimum absolute atomic E-state index is 0.0798. The Morgan fingerprint density at radius 3 is 2.50 bits per heavy atom. The first-order valence-electron chi connectivity index (χ1n) is 7.14. The molecule has 0 heterocycles. The Hall–Kier alpha value is -3.27. The third kappa shape index (κ3) is 3.55. The zero-order valence-electron chi connectivity index (χ0n) is 13.6. The van der Waals surface area contributed by atoms with Crippen LogP contribution in [0.2, 0.25) is 0 Å². The second-order valence-electron chi connectivity index (χ2n) is 5.08. The largest absolute Gasteiger partial charge is 0.493 e. The highest BCUT2D eigenvalue weighted by atomic mass is 16.6. The van der Waals surface area contributed by atoms with Crippen molar-refractivity contribution in [1.82, 2.24) is 0 Å². The molecular weight excluding hydrogens is 310 g/mol. The van der Waals surface area contributed by atoms with Crippen LogP contribution in [0.15, 0.2) is 30.3 Å². The number of nitro groups is 1. The number of methoxy groups -OCH3 is 2. The number of hydrogen-bond donors (Lipinski definition) is 1. The van der Waals surface area contributed by atoms with Gasteiger partial charge in [-0.25, -0.2) is 0 Å². The van der Waals surface area contributed by atoms with Gasteiger partial charge < -0.3 is 14.8 Å². The molecular formula is C17H17N3O4. The van der Waals surface area contributed by atoms with Gasteiger partial charge in [-0.15, -0.1) is 0 Å². The molecule has 0 atom stereocenters. The maximum atomic E-state index is 11.1. The number of nitriles is 1. The van der Waals surface area contributed by atoms with E-state index in [0.717, 1.165) is 5.56 Å². The van der Waals surface area contributed by atoms with Crippen molar-refractivity contribution in [3.05, 3.63) is 57.1 Å². The molecule has 2 aromatic rings. The molecule has 7 nitrogen and oxygen atoms in total. The lowest BCUT2D eigenvalue weighted by Gasteiger charge is -2.13. The number of benzene rings is 2. The molecule has 0 aliphatic carbocycles. The highest BCUT2D eigenvalue weighted by Crippen LogP contribution is 2.30. The molecule has 0 saturated carbocycles. The van der Waals surface area contributed by atoms with Crippen molar-refractivity contribution in [3.63, 3.8) is 0 Å². The van der Waals surface area contributed by atoms with E-state index in [2.05, 4.69) is 5.32 Å². The summed E-state index contributed by atoms with van der Waals surface area (Å²) in [5.41, 5.74) is 2.11. The van der Waals surface area contributed by atoms with Crippen molar-refractivity contribution < 1.29 is 14.4 Å². The number of rotatable bonds is 6. The van der Waals surface area contributed by atoms with E-state index in [1.54, 1.807) is 33.3 Å². The van der Waals surface area contributed by atoms with E-state index in [1.807, 2.05) is 18.2 Å². The summed E-state index contributed by atoms with van der Waals surface area (Å²) in [6, 6.07) is 10.3. The van der Waals surface area contributed by atoms with Gasteiger partial charge in [0.05, 0.1) is 30.8 Å². The van der Waals surface area contributed by atoms with Gasteiger partial charge in [-0.1, -0.05) is 6.07 Å². The second kappa shape index (κ2) is 7.33. The summed E-state index contributed by atoms with van der Waals surface area (Å²) >= 11 is 0. The second-order valence-corrected chi connectivity index (χ2v) is 5.08. The molecule has 0 fully saturated rings. The molecule has 0 aliphatic rings. The van der Waals surface area contributed by atoms with Gasteiger partial charge in [0.15, 0.2) is 11.5 Å². The number of nitrogens with one attached hydrogen (secondary N) is 1. The van der Waals surface area contributed by atoms with E-state index >= 15 is 0 Å². The van der Waals surface area contributed by atoms with Crippen LogP contribution in [0.25, 0.3) is 0 Å². The zero-order chi connectivity index (χ0) is 17.7. The van der Waals surface area contributed by atoms with Gasteiger partial charge >= 0.3 is 0 Å².